The van der Waals surface area contributed by atoms with Crippen LogP contribution in [0.5, 0.6) is 11.5 Å². The van der Waals surface area contributed by atoms with Crippen LogP contribution in [0.1, 0.15) is 15.9 Å². The molecule has 0 radical (unpaired) electrons. The first-order valence-corrected chi connectivity index (χ1v) is 11.0. The van der Waals surface area contributed by atoms with E-state index in [9.17, 15) is 14.3 Å². The van der Waals surface area contributed by atoms with Crippen molar-refractivity contribution >= 4 is 11.6 Å². The molecule has 0 saturated heterocycles. The predicted octanol–water partition coefficient (Wildman–Crippen LogP) is 4.18. The van der Waals surface area contributed by atoms with E-state index in [1.807, 2.05) is 30.3 Å². The van der Waals surface area contributed by atoms with Gasteiger partial charge in [-0.3, -0.25) is 9.36 Å². The molecule has 0 aliphatic carbocycles. The number of anilines is 1. The molecule has 180 valence electrons. The van der Waals surface area contributed by atoms with Crippen LogP contribution >= 0.6 is 0 Å². The van der Waals surface area contributed by atoms with Crippen molar-refractivity contribution in [3.05, 3.63) is 96.6 Å². The Morgan fingerprint density at radius 3 is 2.43 bits per heavy atom. The molecule has 3 aromatic carbocycles. The van der Waals surface area contributed by atoms with Gasteiger partial charge in [0.1, 0.15) is 30.8 Å². The molecule has 35 heavy (non-hydrogen) atoms. The first kappa shape index (κ1) is 23.9. The summed E-state index contributed by atoms with van der Waals surface area (Å²) >= 11 is 0. The van der Waals surface area contributed by atoms with E-state index < -0.39 is 12.8 Å². The molecule has 0 fully saturated rings. The monoisotopic (exact) mass is 476 g/mol. The SMILES string of the molecule is CN(C(=O)c1ccc(-n2cnnc2)cc1)c1ccc(OC(CF)COCc2ccccc2)cc1O. The summed E-state index contributed by atoms with van der Waals surface area (Å²) in [5, 5.41) is 18.0. The van der Waals surface area contributed by atoms with Gasteiger partial charge in [0, 0.05) is 24.4 Å². The number of phenols is 1. The van der Waals surface area contributed by atoms with E-state index in [1.165, 1.54) is 11.0 Å². The topological polar surface area (TPSA) is 89.7 Å². The Bertz CT molecular complexity index is 1230. The second kappa shape index (κ2) is 11.3. The first-order valence-electron chi connectivity index (χ1n) is 11.0. The van der Waals surface area contributed by atoms with Crippen molar-refractivity contribution in [2.24, 2.45) is 0 Å². The number of benzene rings is 3. The normalized spacial score (nSPS) is 11.7. The summed E-state index contributed by atoms with van der Waals surface area (Å²) in [5.74, 6) is -0.196. The maximum Gasteiger partial charge on any atom is 0.258 e. The van der Waals surface area contributed by atoms with Crippen molar-refractivity contribution in [2.75, 3.05) is 25.2 Å². The van der Waals surface area contributed by atoms with Crippen molar-refractivity contribution in [3.8, 4) is 17.2 Å². The highest BCUT2D eigenvalue weighted by Crippen LogP contribution is 2.32. The largest absolute Gasteiger partial charge is 0.506 e. The number of carbonyl (C=O) groups is 1. The van der Waals surface area contributed by atoms with Gasteiger partial charge < -0.3 is 19.5 Å². The molecule has 1 heterocycles. The molecule has 1 unspecified atom stereocenters. The summed E-state index contributed by atoms with van der Waals surface area (Å²) in [7, 11) is 1.56. The third-order valence-corrected chi connectivity index (χ3v) is 5.33. The Labute approximate surface area is 202 Å². The number of phenolic OH excluding ortho intramolecular Hbond substituents is 1. The quantitative estimate of drug-likeness (QED) is 0.369. The van der Waals surface area contributed by atoms with E-state index in [2.05, 4.69) is 10.2 Å². The van der Waals surface area contributed by atoms with Gasteiger partial charge in [-0.05, 0) is 42.0 Å². The van der Waals surface area contributed by atoms with E-state index in [4.69, 9.17) is 9.47 Å². The number of rotatable bonds is 10. The van der Waals surface area contributed by atoms with Gasteiger partial charge in [-0.25, -0.2) is 4.39 Å². The standard InChI is InChI=1S/C26H25FN4O4/c1-30(26(33)20-7-9-21(10-8-20)31-17-28-29-18-31)24-12-11-22(13-25(24)32)35-23(14-27)16-34-15-19-5-3-2-4-6-19/h2-13,17-18,23,32H,14-16H2,1H3. The smallest absolute Gasteiger partial charge is 0.258 e. The minimum Gasteiger partial charge on any atom is -0.506 e. The Kier molecular flexibility index (Phi) is 7.69. The lowest BCUT2D eigenvalue weighted by atomic mass is 10.1. The molecule has 0 aliphatic heterocycles. The average molecular weight is 477 g/mol. The maximum absolute atomic E-state index is 13.5. The van der Waals surface area contributed by atoms with Gasteiger partial charge in [0.15, 0.2) is 6.10 Å². The van der Waals surface area contributed by atoms with Gasteiger partial charge in [-0.2, -0.15) is 0 Å². The Hall–Kier alpha value is -4.24. The number of hydrogen-bond donors (Lipinski definition) is 1. The molecule has 4 aromatic rings. The fourth-order valence-corrected chi connectivity index (χ4v) is 3.46. The molecular weight excluding hydrogens is 451 g/mol. The lowest BCUT2D eigenvalue weighted by Crippen LogP contribution is -2.27. The number of carbonyl (C=O) groups excluding carboxylic acids is 1. The lowest BCUT2D eigenvalue weighted by Gasteiger charge is -2.21. The van der Waals surface area contributed by atoms with Crippen LogP contribution in [0.15, 0.2) is 85.5 Å². The predicted molar refractivity (Wildman–Crippen MR) is 129 cm³/mol. The van der Waals surface area contributed by atoms with Gasteiger partial charge in [0.2, 0.25) is 0 Å². The number of nitrogens with zero attached hydrogens (tertiary/aromatic N) is 4. The van der Waals surface area contributed by atoms with Crippen LogP contribution in [0.2, 0.25) is 0 Å². The Morgan fingerprint density at radius 1 is 1.06 bits per heavy atom. The zero-order valence-corrected chi connectivity index (χ0v) is 19.1. The summed E-state index contributed by atoms with van der Waals surface area (Å²) in [6.07, 6.45) is 2.30. The molecule has 1 aromatic heterocycles. The van der Waals surface area contributed by atoms with Crippen molar-refractivity contribution in [1.29, 1.82) is 0 Å². The number of halogens is 1. The maximum atomic E-state index is 13.5. The highest BCUT2D eigenvalue weighted by atomic mass is 19.1. The van der Waals surface area contributed by atoms with Gasteiger partial charge in [0.05, 0.1) is 18.9 Å². The summed E-state index contributed by atoms with van der Waals surface area (Å²) in [6, 6.07) is 21.0. The number of alkyl halides is 1. The summed E-state index contributed by atoms with van der Waals surface area (Å²) < 4.78 is 26.4. The van der Waals surface area contributed by atoms with Gasteiger partial charge in [-0.15, -0.1) is 10.2 Å². The van der Waals surface area contributed by atoms with Crippen LogP contribution in [0.3, 0.4) is 0 Å². The zero-order valence-electron chi connectivity index (χ0n) is 19.1. The zero-order chi connectivity index (χ0) is 24.6. The summed E-state index contributed by atoms with van der Waals surface area (Å²) in [4.78, 5) is 14.3. The number of hydrogen-bond acceptors (Lipinski definition) is 6. The highest BCUT2D eigenvalue weighted by Gasteiger charge is 2.18. The lowest BCUT2D eigenvalue weighted by molar-refractivity contribution is 0.0297. The van der Waals surface area contributed by atoms with Crippen molar-refractivity contribution in [2.45, 2.75) is 12.7 Å². The van der Waals surface area contributed by atoms with Gasteiger partial charge in [0.25, 0.3) is 5.91 Å². The van der Waals surface area contributed by atoms with E-state index in [1.54, 1.807) is 60.7 Å². The molecule has 0 bridgehead atoms. The van der Waals surface area contributed by atoms with Gasteiger partial charge in [-0.1, -0.05) is 30.3 Å². The molecule has 9 heteroatoms. The van der Waals surface area contributed by atoms with Crippen molar-refractivity contribution < 1.29 is 23.8 Å². The van der Waals surface area contributed by atoms with Crippen molar-refractivity contribution in [1.82, 2.24) is 14.8 Å². The third kappa shape index (κ3) is 6.01. The molecule has 4 rings (SSSR count). The molecule has 1 N–H and O–H groups in total. The average Bonchev–Trinajstić information content (AvgIpc) is 3.43. The number of amides is 1. The minimum atomic E-state index is -0.826. The van der Waals surface area contributed by atoms with E-state index in [0.29, 0.717) is 17.9 Å². The Balaban J connectivity index is 1.37. The highest BCUT2D eigenvalue weighted by molar-refractivity contribution is 6.06. The fraction of sp³-hybridized carbons (Fsp3) is 0.192. The van der Waals surface area contributed by atoms with Crippen LogP contribution in [0.4, 0.5) is 10.1 Å². The second-order valence-electron chi connectivity index (χ2n) is 7.83. The van der Waals surface area contributed by atoms with E-state index in [-0.39, 0.29) is 24.0 Å². The van der Waals surface area contributed by atoms with Crippen LogP contribution in [-0.2, 0) is 11.3 Å². The Morgan fingerprint density at radius 2 is 1.77 bits per heavy atom. The molecule has 1 atom stereocenters. The third-order valence-electron chi connectivity index (χ3n) is 5.33. The van der Waals surface area contributed by atoms with E-state index >= 15 is 0 Å². The molecular formula is C26H25FN4O4. The second-order valence-corrected chi connectivity index (χ2v) is 7.83. The molecule has 1 amide bonds. The van der Waals surface area contributed by atoms with Gasteiger partial charge >= 0.3 is 0 Å². The number of aromatic hydroxyl groups is 1. The molecule has 0 saturated carbocycles. The van der Waals surface area contributed by atoms with Crippen molar-refractivity contribution in [3.63, 3.8) is 0 Å². The fourth-order valence-electron chi connectivity index (χ4n) is 3.46. The number of aromatic nitrogens is 3. The summed E-state index contributed by atoms with van der Waals surface area (Å²) in [6.45, 7) is -0.351. The minimum absolute atomic E-state index is 0.0530. The van der Waals surface area contributed by atoms with Crippen LogP contribution in [-0.4, -0.2) is 52.2 Å². The van der Waals surface area contributed by atoms with Crippen LogP contribution < -0.4 is 9.64 Å². The van der Waals surface area contributed by atoms with E-state index in [0.717, 1.165) is 11.3 Å². The molecule has 0 aliphatic rings. The van der Waals surface area contributed by atoms with Crippen LogP contribution in [0, 0.1) is 0 Å². The first-order chi connectivity index (χ1) is 17.0. The molecule has 0 spiro atoms. The molecule has 8 nitrogen and oxygen atoms in total. The number of ether oxygens (including phenoxy) is 2. The van der Waals surface area contributed by atoms with Crippen LogP contribution in [0.25, 0.3) is 5.69 Å². The summed E-state index contributed by atoms with van der Waals surface area (Å²) in [5.41, 5.74) is 2.53.